The minimum atomic E-state index is 0.896. The molecule has 0 saturated carbocycles. The number of unbranched alkanes of at least 4 members (excludes halogenated alkanes) is 2. The maximum absolute atomic E-state index is 5.32. The van der Waals surface area contributed by atoms with Gasteiger partial charge in [-0.15, -0.1) is 0 Å². The van der Waals surface area contributed by atoms with Crippen LogP contribution < -0.4 is 5.32 Å². The smallest absolute Gasteiger partial charge is 0.0146 e. The lowest BCUT2D eigenvalue weighted by molar-refractivity contribution is 0.647. The predicted octanol–water partition coefficient (Wildman–Crippen LogP) is 2.52. The van der Waals surface area contributed by atoms with E-state index in [1.807, 2.05) is 6.08 Å². The highest BCUT2D eigenvalue weighted by atomic mass is 35.5. The zero-order chi connectivity index (χ0) is 7.66. The Morgan fingerprint density at radius 1 is 1.40 bits per heavy atom. The summed E-state index contributed by atoms with van der Waals surface area (Å²) in [6.45, 7) is 4.21. The van der Waals surface area contributed by atoms with E-state index in [1.165, 1.54) is 19.3 Å². The molecule has 0 aliphatic rings. The van der Waals surface area contributed by atoms with Crippen LogP contribution >= 0.6 is 11.6 Å². The van der Waals surface area contributed by atoms with Crippen molar-refractivity contribution in [3.63, 3.8) is 0 Å². The zero-order valence-corrected chi connectivity index (χ0v) is 7.32. The Balaban J connectivity index is 2.77. The molecule has 0 unspecified atom stereocenters. The summed E-state index contributed by atoms with van der Waals surface area (Å²) in [7, 11) is 0. The summed E-state index contributed by atoms with van der Waals surface area (Å²) < 4.78 is 0. The largest absolute Gasteiger partial charge is 0.313 e. The summed E-state index contributed by atoms with van der Waals surface area (Å²) in [6.07, 6.45) is 5.78. The van der Waals surface area contributed by atoms with Crippen molar-refractivity contribution in [3.8, 4) is 0 Å². The monoisotopic (exact) mass is 161 g/mol. The van der Waals surface area contributed by atoms with Crippen molar-refractivity contribution >= 4 is 11.6 Å². The van der Waals surface area contributed by atoms with Gasteiger partial charge in [0.2, 0.25) is 0 Å². The molecule has 0 spiro atoms. The number of nitrogens with one attached hydrogen (secondary N) is 1. The molecule has 1 N–H and O–H groups in total. The van der Waals surface area contributed by atoms with E-state index in [0.29, 0.717) is 0 Å². The summed E-state index contributed by atoms with van der Waals surface area (Å²) >= 11 is 5.32. The number of hydrogen-bond acceptors (Lipinski definition) is 1. The highest BCUT2D eigenvalue weighted by molar-refractivity contribution is 6.25. The first-order chi connectivity index (χ1) is 4.91. The zero-order valence-electron chi connectivity index (χ0n) is 6.57. The average molecular weight is 162 g/mol. The van der Waals surface area contributed by atoms with Crippen LogP contribution in [0.25, 0.3) is 0 Å². The van der Waals surface area contributed by atoms with Crippen molar-refractivity contribution in [2.24, 2.45) is 0 Å². The molecule has 0 bridgehead atoms. The van der Waals surface area contributed by atoms with Crippen molar-refractivity contribution in [2.75, 3.05) is 13.1 Å². The van der Waals surface area contributed by atoms with Crippen LogP contribution in [-0.2, 0) is 0 Å². The lowest BCUT2D eigenvalue weighted by atomic mass is 10.2. The first-order valence-corrected chi connectivity index (χ1v) is 4.31. The minimum absolute atomic E-state index is 0.896. The molecule has 10 heavy (non-hydrogen) atoms. The summed E-state index contributed by atoms with van der Waals surface area (Å²) in [6, 6.07) is 0. The van der Waals surface area contributed by atoms with Gasteiger partial charge in [-0.05, 0) is 13.0 Å². The van der Waals surface area contributed by atoms with Gasteiger partial charge in [0.1, 0.15) is 0 Å². The van der Waals surface area contributed by atoms with Crippen LogP contribution in [0.5, 0.6) is 0 Å². The highest BCUT2D eigenvalue weighted by Gasteiger charge is 1.83. The van der Waals surface area contributed by atoms with E-state index >= 15 is 0 Å². The van der Waals surface area contributed by atoms with E-state index in [2.05, 4.69) is 12.2 Å². The molecule has 60 valence electrons. The molecule has 0 radical (unpaired) electrons. The minimum Gasteiger partial charge on any atom is -0.313 e. The highest BCUT2D eigenvalue weighted by Crippen LogP contribution is 1.90. The summed E-state index contributed by atoms with van der Waals surface area (Å²) in [4.78, 5) is 0. The predicted molar refractivity (Wildman–Crippen MR) is 47.4 cm³/mol. The Morgan fingerprint density at radius 3 is 2.80 bits per heavy atom. The lowest BCUT2D eigenvalue weighted by Crippen LogP contribution is -2.14. The quantitative estimate of drug-likeness (QED) is 0.591. The fourth-order valence-corrected chi connectivity index (χ4v) is 0.819. The molecule has 1 nitrogen and oxygen atoms in total. The van der Waals surface area contributed by atoms with Crippen molar-refractivity contribution in [3.05, 3.63) is 11.6 Å². The van der Waals surface area contributed by atoms with Gasteiger partial charge in [-0.1, -0.05) is 37.4 Å². The van der Waals surface area contributed by atoms with Gasteiger partial charge in [-0.3, -0.25) is 0 Å². The summed E-state index contributed by atoms with van der Waals surface area (Å²) in [5, 5.41) is 3.25. The molecule has 0 rings (SSSR count). The third kappa shape index (κ3) is 7.99. The van der Waals surface area contributed by atoms with Crippen molar-refractivity contribution in [2.45, 2.75) is 26.2 Å². The standard InChI is InChI=1S/C8H16ClN/c1-2-3-4-7-10-8-5-6-9/h5-6,10H,2-4,7-8H2,1H3/b6-5+. The topological polar surface area (TPSA) is 12.0 Å². The first-order valence-electron chi connectivity index (χ1n) is 3.87. The number of rotatable bonds is 6. The van der Waals surface area contributed by atoms with E-state index in [1.54, 1.807) is 5.54 Å². The maximum atomic E-state index is 5.32. The van der Waals surface area contributed by atoms with Gasteiger partial charge in [0, 0.05) is 12.1 Å². The van der Waals surface area contributed by atoms with E-state index in [9.17, 15) is 0 Å². The SMILES string of the molecule is CCCCCNC/C=C/Cl. The van der Waals surface area contributed by atoms with Crippen LogP contribution in [0.1, 0.15) is 26.2 Å². The normalized spacial score (nSPS) is 11.0. The van der Waals surface area contributed by atoms with Crippen LogP contribution in [0.15, 0.2) is 11.6 Å². The molecule has 0 aromatic carbocycles. The second-order valence-electron chi connectivity index (χ2n) is 2.27. The van der Waals surface area contributed by atoms with Crippen molar-refractivity contribution in [1.82, 2.24) is 5.32 Å². The van der Waals surface area contributed by atoms with Crippen LogP contribution in [0.2, 0.25) is 0 Å². The molecule has 2 heteroatoms. The molecule has 0 aliphatic heterocycles. The Kier molecular flexibility index (Phi) is 8.98. The van der Waals surface area contributed by atoms with Crippen molar-refractivity contribution in [1.29, 1.82) is 0 Å². The first kappa shape index (κ1) is 9.99. The second kappa shape index (κ2) is 8.99. The second-order valence-corrected chi connectivity index (χ2v) is 2.52. The Labute approximate surface area is 68.5 Å². The number of hydrogen-bond donors (Lipinski definition) is 1. The van der Waals surface area contributed by atoms with Crippen molar-refractivity contribution < 1.29 is 0 Å². The average Bonchev–Trinajstić information content (AvgIpc) is 1.97. The molecule has 0 aromatic rings. The van der Waals surface area contributed by atoms with E-state index in [0.717, 1.165) is 13.1 Å². The maximum Gasteiger partial charge on any atom is 0.0146 e. The van der Waals surface area contributed by atoms with E-state index in [4.69, 9.17) is 11.6 Å². The fourth-order valence-electron chi connectivity index (χ4n) is 0.730. The molecule has 0 aromatic heterocycles. The van der Waals surface area contributed by atoms with Gasteiger partial charge in [0.25, 0.3) is 0 Å². The lowest BCUT2D eigenvalue weighted by Gasteiger charge is -1.98. The van der Waals surface area contributed by atoms with Crippen LogP contribution in [-0.4, -0.2) is 13.1 Å². The van der Waals surface area contributed by atoms with Gasteiger partial charge in [-0.2, -0.15) is 0 Å². The van der Waals surface area contributed by atoms with Gasteiger partial charge in [0.15, 0.2) is 0 Å². The fraction of sp³-hybridized carbons (Fsp3) is 0.750. The Bertz CT molecular complexity index is 81.3. The van der Waals surface area contributed by atoms with Gasteiger partial charge in [-0.25, -0.2) is 0 Å². The van der Waals surface area contributed by atoms with Gasteiger partial charge in [0.05, 0.1) is 0 Å². The number of halogens is 1. The third-order valence-corrected chi connectivity index (χ3v) is 1.49. The summed E-state index contributed by atoms with van der Waals surface area (Å²) in [5.41, 5.74) is 1.55. The molecular weight excluding hydrogens is 146 g/mol. The third-order valence-electron chi connectivity index (χ3n) is 1.31. The van der Waals surface area contributed by atoms with Crippen LogP contribution in [0, 0.1) is 0 Å². The molecule has 0 heterocycles. The van der Waals surface area contributed by atoms with Crippen LogP contribution in [0.4, 0.5) is 0 Å². The molecule has 0 saturated heterocycles. The van der Waals surface area contributed by atoms with E-state index in [-0.39, 0.29) is 0 Å². The summed E-state index contributed by atoms with van der Waals surface area (Å²) in [5.74, 6) is 0. The molecule has 0 atom stereocenters. The van der Waals surface area contributed by atoms with Gasteiger partial charge < -0.3 is 5.32 Å². The Hall–Kier alpha value is -0.0100. The van der Waals surface area contributed by atoms with Gasteiger partial charge >= 0.3 is 0 Å². The molecule has 0 fully saturated rings. The molecular formula is C8H16ClN. The molecule has 0 aliphatic carbocycles. The molecule has 0 amide bonds. The Morgan fingerprint density at radius 2 is 2.20 bits per heavy atom. The van der Waals surface area contributed by atoms with E-state index < -0.39 is 0 Å². The van der Waals surface area contributed by atoms with Crippen LogP contribution in [0.3, 0.4) is 0 Å².